The van der Waals surface area contributed by atoms with E-state index in [0.717, 1.165) is 5.56 Å². The minimum atomic E-state index is -0.271. The zero-order chi connectivity index (χ0) is 10.8. The third-order valence-corrected chi connectivity index (χ3v) is 3.04. The van der Waals surface area contributed by atoms with E-state index in [9.17, 15) is 9.59 Å². The van der Waals surface area contributed by atoms with Crippen LogP contribution in [0.3, 0.4) is 0 Å². The molecular weight excluding hydrogens is 210 g/mol. The minimum absolute atomic E-state index is 0.271. The van der Waals surface area contributed by atoms with Crippen molar-refractivity contribution in [1.29, 1.82) is 0 Å². The summed E-state index contributed by atoms with van der Waals surface area (Å²) in [7, 11) is 0. The maximum absolute atomic E-state index is 11.4. The van der Waals surface area contributed by atoms with Crippen molar-refractivity contribution in [3.05, 3.63) is 41.8 Å². The van der Waals surface area contributed by atoms with E-state index in [-0.39, 0.29) is 11.8 Å². The van der Waals surface area contributed by atoms with Gasteiger partial charge in [0.05, 0.1) is 0 Å². The predicted octanol–water partition coefficient (Wildman–Crippen LogP) is 1.91. The summed E-state index contributed by atoms with van der Waals surface area (Å²) in [4.78, 5) is 24.1. The molecule has 3 nitrogen and oxygen atoms in total. The second-order valence-electron chi connectivity index (χ2n) is 3.09. The predicted molar refractivity (Wildman–Crippen MR) is 59.9 cm³/mol. The molecule has 76 valence electrons. The van der Waals surface area contributed by atoms with Crippen LogP contribution in [0.4, 0.5) is 5.00 Å². The fraction of sp³-hybridized carbons (Fsp3) is 0.0909. The molecule has 2 rings (SSSR count). The Labute approximate surface area is 91.3 Å². The number of nitrogens with zero attached hydrogens (tertiary/aromatic N) is 1. The molecule has 0 saturated carbocycles. The number of imide groups is 1. The van der Waals surface area contributed by atoms with Crippen LogP contribution in [-0.2, 0) is 16.0 Å². The number of anilines is 1. The molecule has 0 unspecified atom stereocenters. The number of carbonyl (C=O) groups excluding carboxylic acids is 2. The fourth-order valence-corrected chi connectivity index (χ4v) is 2.38. The van der Waals surface area contributed by atoms with E-state index in [4.69, 9.17) is 0 Å². The molecule has 0 bridgehead atoms. The van der Waals surface area contributed by atoms with Gasteiger partial charge in [-0.15, -0.1) is 17.9 Å². The van der Waals surface area contributed by atoms with Crippen molar-refractivity contribution in [3.8, 4) is 0 Å². The SMILES string of the molecule is C=CCc1ccsc1N1C(=O)C=CC1=O. The lowest BCUT2D eigenvalue weighted by Gasteiger charge is -2.13. The zero-order valence-electron chi connectivity index (χ0n) is 7.97. The second-order valence-corrected chi connectivity index (χ2v) is 3.98. The molecule has 0 radical (unpaired) electrons. The first-order valence-electron chi connectivity index (χ1n) is 4.47. The maximum atomic E-state index is 11.4. The molecule has 2 amide bonds. The van der Waals surface area contributed by atoms with E-state index in [1.165, 1.54) is 28.4 Å². The lowest BCUT2D eigenvalue weighted by molar-refractivity contribution is -0.119. The summed E-state index contributed by atoms with van der Waals surface area (Å²) in [5.74, 6) is -0.541. The van der Waals surface area contributed by atoms with Crippen LogP contribution in [0.25, 0.3) is 0 Å². The van der Waals surface area contributed by atoms with Crippen molar-refractivity contribution in [1.82, 2.24) is 0 Å². The van der Waals surface area contributed by atoms with Crippen molar-refractivity contribution in [2.75, 3.05) is 4.90 Å². The van der Waals surface area contributed by atoms with Crippen LogP contribution in [0.2, 0.25) is 0 Å². The molecule has 15 heavy (non-hydrogen) atoms. The molecule has 0 aliphatic carbocycles. The summed E-state index contributed by atoms with van der Waals surface area (Å²) in [6.45, 7) is 3.64. The van der Waals surface area contributed by atoms with Gasteiger partial charge < -0.3 is 0 Å². The van der Waals surface area contributed by atoms with Crippen molar-refractivity contribution < 1.29 is 9.59 Å². The summed E-state index contributed by atoms with van der Waals surface area (Å²) in [5.41, 5.74) is 0.959. The normalized spacial score (nSPS) is 15.1. The number of carbonyl (C=O) groups is 2. The summed E-state index contributed by atoms with van der Waals surface area (Å²) >= 11 is 1.39. The molecule has 0 saturated heterocycles. The highest BCUT2D eigenvalue weighted by Gasteiger charge is 2.27. The quantitative estimate of drug-likeness (QED) is 0.575. The number of amides is 2. The van der Waals surface area contributed by atoms with Crippen LogP contribution in [0.5, 0.6) is 0 Å². The second kappa shape index (κ2) is 3.82. The van der Waals surface area contributed by atoms with Gasteiger partial charge in [0.2, 0.25) is 0 Å². The highest BCUT2D eigenvalue weighted by molar-refractivity contribution is 7.14. The molecule has 1 aromatic rings. The standard InChI is InChI=1S/C11H9NO2S/c1-2-3-8-6-7-15-11(8)12-9(13)4-5-10(12)14/h2,4-7H,1,3H2. The first-order valence-corrected chi connectivity index (χ1v) is 5.35. The third-order valence-electron chi connectivity index (χ3n) is 2.10. The maximum Gasteiger partial charge on any atom is 0.258 e. The summed E-state index contributed by atoms with van der Waals surface area (Å²) in [5, 5.41) is 2.57. The van der Waals surface area contributed by atoms with Crippen LogP contribution in [-0.4, -0.2) is 11.8 Å². The van der Waals surface area contributed by atoms with Gasteiger partial charge in [-0.3, -0.25) is 9.59 Å². The average molecular weight is 219 g/mol. The van der Waals surface area contributed by atoms with E-state index in [1.807, 2.05) is 11.4 Å². The number of rotatable bonds is 3. The van der Waals surface area contributed by atoms with E-state index in [0.29, 0.717) is 11.4 Å². The Morgan fingerprint density at radius 2 is 2.00 bits per heavy atom. The Morgan fingerprint density at radius 3 is 2.60 bits per heavy atom. The third kappa shape index (κ3) is 1.64. The molecule has 0 atom stereocenters. The average Bonchev–Trinajstić information content (AvgIpc) is 2.75. The zero-order valence-corrected chi connectivity index (χ0v) is 8.79. The fourth-order valence-electron chi connectivity index (χ4n) is 1.44. The van der Waals surface area contributed by atoms with Gasteiger partial charge in [0.15, 0.2) is 0 Å². The van der Waals surface area contributed by atoms with Gasteiger partial charge in [0.25, 0.3) is 11.8 Å². The van der Waals surface area contributed by atoms with Gasteiger partial charge in [-0.1, -0.05) is 6.08 Å². The summed E-state index contributed by atoms with van der Waals surface area (Å²) in [6.07, 6.45) is 5.00. The molecule has 1 aromatic heterocycles. The topological polar surface area (TPSA) is 37.4 Å². The number of hydrogen-bond donors (Lipinski definition) is 0. The molecule has 2 heterocycles. The van der Waals surface area contributed by atoms with Gasteiger partial charge in [-0.2, -0.15) is 0 Å². The number of allylic oxidation sites excluding steroid dienone is 1. The number of hydrogen-bond acceptors (Lipinski definition) is 3. The lowest BCUT2D eigenvalue weighted by atomic mass is 10.2. The summed E-state index contributed by atoms with van der Waals surface area (Å²) < 4.78 is 0. The van der Waals surface area contributed by atoms with Crippen molar-refractivity contribution in [2.24, 2.45) is 0 Å². The van der Waals surface area contributed by atoms with Gasteiger partial charge >= 0.3 is 0 Å². The number of thiophene rings is 1. The minimum Gasteiger partial charge on any atom is -0.269 e. The van der Waals surface area contributed by atoms with E-state index in [1.54, 1.807) is 6.08 Å². The van der Waals surface area contributed by atoms with Crippen molar-refractivity contribution in [3.63, 3.8) is 0 Å². The smallest absolute Gasteiger partial charge is 0.258 e. The molecule has 4 heteroatoms. The molecule has 0 aromatic carbocycles. The Balaban J connectivity index is 2.37. The molecule has 1 aliphatic heterocycles. The Morgan fingerprint density at radius 1 is 1.33 bits per heavy atom. The first kappa shape index (κ1) is 9.86. The van der Waals surface area contributed by atoms with Gasteiger partial charge in [0.1, 0.15) is 5.00 Å². The lowest BCUT2D eigenvalue weighted by Crippen LogP contribution is -2.29. The van der Waals surface area contributed by atoms with E-state index in [2.05, 4.69) is 6.58 Å². The molecule has 0 N–H and O–H groups in total. The van der Waals surface area contributed by atoms with E-state index >= 15 is 0 Å². The monoisotopic (exact) mass is 219 g/mol. The summed E-state index contributed by atoms with van der Waals surface area (Å²) in [6, 6.07) is 1.90. The highest BCUT2D eigenvalue weighted by atomic mass is 32.1. The van der Waals surface area contributed by atoms with Gasteiger partial charge in [-0.25, -0.2) is 4.90 Å². The Hall–Kier alpha value is -1.68. The van der Waals surface area contributed by atoms with Crippen LogP contribution in [0.15, 0.2) is 36.3 Å². The Bertz CT molecular complexity index is 441. The van der Waals surface area contributed by atoms with Crippen LogP contribution in [0, 0.1) is 0 Å². The van der Waals surface area contributed by atoms with Crippen LogP contribution in [0.1, 0.15) is 5.56 Å². The molecular formula is C11H9NO2S. The molecule has 1 aliphatic rings. The van der Waals surface area contributed by atoms with Gasteiger partial charge in [0, 0.05) is 12.2 Å². The first-order chi connectivity index (χ1) is 7.24. The van der Waals surface area contributed by atoms with Crippen LogP contribution >= 0.6 is 11.3 Å². The van der Waals surface area contributed by atoms with Gasteiger partial charge in [-0.05, 0) is 23.4 Å². The molecule has 0 spiro atoms. The highest BCUT2D eigenvalue weighted by Crippen LogP contribution is 2.30. The largest absolute Gasteiger partial charge is 0.269 e. The Kier molecular flexibility index (Phi) is 2.51. The van der Waals surface area contributed by atoms with E-state index < -0.39 is 0 Å². The van der Waals surface area contributed by atoms with Crippen molar-refractivity contribution >= 4 is 28.2 Å². The van der Waals surface area contributed by atoms with Crippen molar-refractivity contribution in [2.45, 2.75) is 6.42 Å². The van der Waals surface area contributed by atoms with Crippen LogP contribution < -0.4 is 4.90 Å². The molecule has 0 fully saturated rings.